The Kier molecular flexibility index (Phi) is 48.5. The van der Waals surface area contributed by atoms with Crippen LogP contribution in [0, 0.1) is 0 Å². The van der Waals surface area contributed by atoms with E-state index in [1.54, 1.807) is 6.08 Å². The van der Waals surface area contributed by atoms with Crippen LogP contribution in [-0.2, 0) is 18.4 Å². The summed E-state index contributed by atoms with van der Waals surface area (Å²) in [6.45, 7) is 4.48. The maximum Gasteiger partial charge on any atom is 0.268 e. The number of carbonyl (C=O) groups is 1. The molecule has 3 atom stereocenters. The molecule has 0 aromatic heterocycles. The van der Waals surface area contributed by atoms with E-state index in [1.807, 2.05) is 27.2 Å². The summed E-state index contributed by atoms with van der Waals surface area (Å²) in [4.78, 5) is 25.4. The molecule has 0 radical (unpaired) electrons. The van der Waals surface area contributed by atoms with Gasteiger partial charge in [-0.1, -0.05) is 227 Å². The Morgan fingerprint density at radius 1 is 0.522 bits per heavy atom. The fourth-order valence-corrected chi connectivity index (χ4v) is 8.35. The molecule has 0 aromatic carbocycles. The molecule has 0 rings (SSSR count). The number of nitrogens with zero attached hydrogens (tertiary/aromatic N) is 1. The number of allylic oxidation sites excluding steroid dienone is 15. The van der Waals surface area contributed by atoms with Gasteiger partial charge in [-0.15, -0.1) is 0 Å². The predicted octanol–water partition coefficient (Wildman–Crippen LogP) is 16.4. The minimum atomic E-state index is -4.62. The predicted molar refractivity (Wildman–Crippen MR) is 297 cm³/mol. The minimum Gasteiger partial charge on any atom is -0.756 e. The number of nitrogens with one attached hydrogen (secondary N) is 1. The molecule has 2 N–H and O–H groups in total. The zero-order valence-electron chi connectivity index (χ0n) is 45.2. The van der Waals surface area contributed by atoms with Crippen LogP contribution in [0.2, 0.25) is 0 Å². The molecule has 0 bridgehead atoms. The van der Waals surface area contributed by atoms with Crippen molar-refractivity contribution >= 4 is 13.7 Å². The Labute approximate surface area is 426 Å². The molecule has 8 nitrogen and oxygen atoms in total. The van der Waals surface area contributed by atoms with Gasteiger partial charge in [0, 0.05) is 6.42 Å². The standard InChI is InChI=1S/C60H107N2O6P/c1-6-8-10-12-14-16-18-20-22-24-26-27-28-29-30-31-32-33-34-36-37-39-41-43-45-47-49-51-53-59(63)58(57-68-69(65,66)67-56-55-62(3,4)5)61-60(64)54-52-50-48-46-44-42-40-38-35-25-23-21-19-17-15-13-11-9-7-2/h9,11,15,17,21,23,35-38,42-45,51,53,58-59,63H,6-8,10,12-14,16,18-20,22,24-34,39-41,46-50,52,54-57H2,1-5H3,(H-,61,64,65,66)/b11-9-,17-15-,23-21-,37-36+,38-35-,44-42-,45-43+,53-51+. The van der Waals surface area contributed by atoms with Gasteiger partial charge in [0.15, 0.2) is 0 Å². The summed E-state index contributed by atoms with van der Waals surface area (Å²) in [6, 6.07) is -0.935. The van der Waals surface area contributed by atoms with Gasteiger partial charge in [0.05, 0.1) is 39.9 Å². The van der Waals surface area contributed by atoms with Gasteiger partial charge in [0.1, 0.15) is 13.2 Å². The van der Waals surface area contributed by atoms with Gasteiger partial charge in [-0.25, -0.2) is 0 Å². The Morgan fingerprint density at radius 3 is 1.35 bits per heavy atom. The second kappa shape index (κ2) is 50.4. The average molecular weight is 983 g/mol. The van der Waals surface area contributed by atoms with Crippen LogP contribution in [0.1, 0.15) is 226 Å². The highest BCUT2D eigenvalue weighted by Gasteiger charge is 2.23. The maximum atomic E-state index is 12.9. The van der Waals surface area contributed by atoms with E-state index in [-0.39, 0.29) is 18.9 Å². The van der Waals surface area contributed by atoms with E-state index in [1.165, 1.54) is 122 Å². The van der Waals surface area contributed by atoms with Gasteiger partial charge in [0.25, 0.3) is 7.82 Å². The first kappa shape index (κ1) is 66.4. The van der Waals surface area contributed by atoms with E-state index in [0.717, 1.165) is 77.0 Å². The lowest BCUT2D eigenvalue weighted by atomic mass is 10.0. The third-order valence-corrected chi connectivity index (χ3v) is 13.0. The monoisotopic (exact) mass is 983 g/mol. The fourth-order valence-electron chi connectivity index (χ4n) is 7.62. The fraction of sp³-hybridized carbons (Fsp3) is 0.717. The van der Waals surface area contributed by atoms with E-state index in [9.17, 15) is 19.4 Å². The normalized spacial score (nSPS) is 14.7. The SMILES string of the molecule is CC/C=C\C/C=C\C/C=C\C/C=C\C/C=C\CCCCCC(=O)NC(COP(=O)([O-])OCC[N+](C)(C)C)C(O)/C=C/CC/C=C/CC/C=C/CCCCCCCCCCCCCCCCCCCC. The molecule has 398 valence electrons. The van der Waals surface area contributed by atoms with Crippen molar-refractivity contribution in [1.29, 1.82) is 0 Å². The second-order valence-electron chi connectivity index (χ2n) is 19.9. The summed E-state index contributed by atoms with van der Waals surface area (Å²) in [6.07, 6.45) is 72.1. The molecule has 0 fully saturated rings. The molecule has 0 aromatic rings. The molecule has 0 aliphatic rings. The Bertz CT molecular complexity index is 1440. The molecule has 3 unspecified atom stereocenters. The van der Waals surface area contributed by atoms with Crippen LogP contribution in [0.5, 0.6) is 0 Å². The summed E-state index contributed by atoms with van der Waals surface area (Å²) in [7, 11) is 1.20. The number of unbranched alkanes of at least 4 members (excludes halogenated alkanes) is 23. The molecule has 0 saturated heterocycles. The molecular formula is C60H107N2O6P. The Hall–Kier alpha value is -2.58. The number of hydrogen-bond acceptors (Lipinski definition) is 6. The summed E-state index contributed by atoms with van der Waals surface area (Å²) >= 11 is 0. The highest BCUT2D eigenvalue weighted by Crippen LogP contribution is 2.38. The molecule has 0 aliphatic carbocycles. The van der Waals surface area contributed by atoms with Crippen LogP contribution in [0.25, 0.3) is 0 Å². The molecule has 0 heterocycles. The van der Waals surface area contributed by atoms with Crippen molar-refractivity contribution in [3.63, 3.8) is 0 Å². The molecule has 69 heavy (non-hydrogen) atoms. The largest absolute Gasteiger partial charge is 0.756 e. The van der Waals surface area contributed by atoms with Crippen molar-refractivity contribution in [2.45, 2.75) is 238 Å². The number of phosphoric ester groups is 1. The van der Waals surface area contributed by atoms with E-state index in [4.69, 9.17) is 9.05 Å². The van der Waals surface area contributed by atoms with Gasteiger partial charge in [-0.3, -0.25) is 9.36 Å². The van der Waals surface area contributed by atoms with Crippen LogP contribution < -0.4 is 10.2 Å². The van der Waals surface area contributed by atoms with Crippen molar-refractivity contribution in [2.24, 2.45) is 0 Å². The zero-order chi connectivity index (χ0) is 50.6. The van der Waals surface area contributed by atoms with Crippen LogP contribution >= 0.6 is 7.82 Å². The molecular weight excluding hydrogens is 876 g/mol. The number of carbonyl (C=O) groups excluding carboxylic acids is 1. The van der Waals surface area contributed by atoms with Crippen molar-refractivity contribution in [3.05, 3.63) is 97.2 Å². The topological polar surface area (TPSA) is 108 Å². The molecule has 0 saturated carbocycles. The second-order valence-corrected chi connectivity index (χ2v) is 21.3. The van der Waals surface area contributed by atoms with Gasteiger partial charge < -0.3 is 28.8 Å². The lowest BCUT2D eigenvalue weighted by Crippen LogP contribution is -2.45. The van der Waals surface area contributed by atoms with Crippen molar-refractivity contribution in [3.8, 4) is 0 Å². The number of rotatable bonds is 50. The summed E-state index contributed by atoms with van der Waals surface area (Å²) < 4.78 is 23.3. The van der Waals surface area contributed by atoms with Crippen molar-refractivity contribution in [2.75, 3.05) is 40.9 Å². The smallest absolute Gasteiger partial charge is 0.268 e. The number of amides is 1. The number of aliphatic hydroxyl groups is 1. The third-order valence-electron chi connectivity index (χ3n) is 12.0. The summed E-state index contributed by atoms with van der Waals surface area (Å²) in [5.74, 6) is -0.245. The number of phosphoric acid groups is 1. The minimum absolute atomic E-state index is 0.0210. The van der Waals surface area contributed by atoms with Crippen LogP contribution in [0.3, 0.4) is 0 Å². The van der Waals surface area contributed by atoms with Gasteiger partial charge >= 0.3 is 0 Å². The number of hydrogen-bond donors (Lipinski definition) is 2. The quantitative estimate of drug-likeness (QED) is 0.0272. The molecule has 0 aliphatic heterocycles. The van der Waals surface area contributed by atoms with Crippen molar-refractivity contribution < 1.29 is 32.9 Å². The van der Waals surface area contributed by atoms with Gasteiger partial charge in [-0.05, 0) is 89.9 Å². The lowest BCUT2D eigenvalue weighted by Gasteiger charge is -2.29. The first-order chi connectivity index (χ1) is 33.5. The highest BCUT2D eigenvalue weighted by atomic mass is 31.2. The first-order valence-electron chi connectivity index (χ1n) is 28.1. The Morgan fingerprint density at radius 2 is 0.899 bits per heavy atom. The zero-order valence-corrected chi connectivity index (χ0v) is 46.1. The third kappa shape index (κ3) is 53.1. The molecule has 9 heteroatoms. The van der Waals surface area contributed by atoms with E-state index in [2.05, 4.69) is 104 Å². The number of likely N-dealkylation sites (N-methyl/N-ethyl adjacent to an activating group) is 1. The number of quaternary nitrogens is 1. The Balaban J connectivity index is 4.36. The van der Waals surface area contributed by atoms with E-state index < -0.39 is 26.6 Å². The average Bonchev–Trinajstić information content (AvgIpc) is 3.31. The van der Waals surface area contributed by atoms with Gasteiger partial charge in [-0.2, -0.15) is 0 Å². The highest BCUT2D eigenvalue weighted by molar-refractivity contribution is 7.45. The van der Waals surface area contributed by atoms with E-state index >= 15 is 0 Å². The molecule has 1 amide bonds. The van der Waals surface area contributed by atoms with E-state index in [0.29, 0.717) is 17.4 Å². The summed E-state index contributed by atoms with van der Waals surface area (Å²) in [5.41, 5.74) is 0. The van der Waals surface area contributed by atoms with Crippen molar-refractivity contribution in [1.82, 2.24) is 5.32 Å². The first-order valence-corrected chi connectivity index (χ1v) is 29.6. The maximum absolute atomic E-state index is 12.9. The molecule has 0 spiro atoms. The van der Waals surface area contributed by atoms with Crippen LogP contribution in [0.15, 0.2) is 97.2 Å². The summed E-state index contributed by atoms with van der Waals surface area (Å²) in [5, 5.41) is 13.8. The van der Waals surface area contributed by atoms with Crippen LogP contribution in [-0.4, -0.2) is 68.5 Å². The number of aliphatic hydroxyl groups excluding tert-OH is 1. The lowest BCUT2D eigenvalue weighted by molar-refractivity contribution is -0.870. The van der Waals surface area contributed by atoms with Gasteiger partial charge in [0.2, 0.25) is 5.91 Å². The van der Waals surface area contributed by atoms with Crippen LogP contribution in [0.4, 0.5) is 0 Å².